The molecule has 3 aromatic rings. The van der Waals surface area contributed by atoms with Crippen molar-refractivity contribution in [1.29, 1.82) is 0 Å². The molecule has 3 rings (SSSR count). The molecular formula is C20H19N3O2S. The average Bonchev–Trinajstić information content (AvgIpc) is 3.11. The molecule has 0 saturated heterocycles. The minimum atomic E-state index is -0.593. The van der Waals surface area contributed by atoms with E-state index in [1.807, 2.05) is 35.7 Å². The van der Waals surface area contributed by atoms with Gasteiger partial charge in [-0.15, -0.1) is 11.3 Å². The maximum absolute atomic E-state index is 12.4. The number of benzene rings is 2. The zero-order valence-electron chi connectivity index (χ0n) is 14.3. The van der Waals surface area contributed by atoms with Crippen molar-refractivity contribution in [2.75, 3.05) is 5.73 Å². The first-order valence-electron chi connectivity index (χ1n) is 8.22. The van der Waals surface area contributed by atoms with E-state index < -0.39 is 6.04 Å². The summed E-state index contributed by atoms with van der Waals surface area (Å²) in [6.07, 6.45) is 0.195. The van der Waals surface area contributed by atoms with Crippen molar-refractivity contribution in [2.45, 2.75) is 19.4 Å². The summed E-state index contributed by atoms with van der Waals surface area (Å²) < 4.78 is 0. The predicted octanol–water partition coefficient (Wildman–Crippen LogP) is 3.32. The van der Waals surface area contributed by atoms with Crippen LogP contribution in [0.1, 0.15) is 22.3 Å². The van der Waals surface area contributed by atoms with Crippen molar-refractivity contribution < 1.29 is 9.59 Å². The number of nitrogen functional groups attached to an aromatic ring is 1. The lowest BCUT2D eigenvalue weighted by atomic mass is 10.1. The Morgan fingerprint density at radius 2 is 1.81 bits per heavy atom. The fraction of sp³-hybridized carbons (Fsp3) is 0.150. The summed E-state index contributed by atoms with van der Waals surface area (Å²) in [6, 6.07) is 15.8. The molecule has 1 atom stereocenters. The number of anilines is 1. The Balaban J connectivity index is 1.60. The fourth-order valence-corrected chi connectivity index (χ4v) is 3.24. The van der Waals surface area contributed by atoms with Gasteiger partial charge in [0.1, 0.15) is 5.01 Å². The Kier molecular flexibility index (Phi) is 5.43. The zero-order chi connectivity index (χ0) is 18.5. The molecule has 3 N–H and O–H groups in total. The van der Waals surface area contributed by atoms with Gasteiger partial charge in [0.15, 0.2) is 5.78 Å². The highest BCUT2D eigenvalue weighted by Crippen LogP contribution is 2.22. The van der Waals surface area contributed by atoms with Crippen molar-refractivity contribution in [2.24, 2.45) is 0 Å². The van der Waals surface area contributed by atoms with Gasteiger partial charge in [-0.05, 0) is 31.2 Å². The lowest BCUT2D eigenvalue weighted by molar-refractivity contribution is -0.119. The number of carbonyl (C=O) groups excluding carboxylic acids is 2. The lowest BCUT2D eigenvalue weighted by Gasteiger charge is -2.12. The second kappa shape index (κ2) is 7.93. The van der Waals surface area contributed by atoms with Crippen LogP contribution in [0.4, 0.5) is 5.69 Å². The molecule has 0 aliphatic rings. The number of nitrogens with zero attached hydrogens (tertiary/aromatic N) is 1. The second-order valence-corrected chi connectivity index (χ2v) is 6.90. The van der Waals surface area contributed by atoms with Crippen LogP contribution < -0.4 is 11.1 Å². The molecule has 0 aliphatic carbocycles. The van der Waals surface area contributed by atoms with Crippen LogP contribution in [0.15, 0.2) is 60.0 Å². The fourth-order valence-electron chi connectivity index (χ4n) is 2.43. The lowest BCUT2D eigenvalue weighted by Crippen LogP contribution is -2.39. The Labute approximate surface area is 155 Å². The summed E-state index contributed by atoms with van der Waals surface area (Å²) in [5, 5.41) is 5.40. The van der Waals surface area contributed by atoms with Gasteiger partial charge >= 0.3 is 0 Å². The normalized spacial score (nSPS) is 11.7. The minimum absolute atomic E-state index is 0.0808. The highest BCUT2D eigenvalue weighted by Gasteiger charge is 2.18. The first-order chi connectivity index (χ1) is 12.5. The standard InChI is InChI=1S/C20H19N3O2S/c1-13(22-20(25)15-7-9-16(21)10-8-15)18(24)11-19-23-17(12-26-19)14-5-3-2-4-6-14/h2-10,12-13H,11,21H2,1H3,(H,22,25)/t13-/m0/s1. The van der Waals surface area contributed by atoms with Crippen molar-refractivity contribution in [3.8, 4) is 11.3 Å². The third-order valence-electron chi connectivity index (χ3n) is 3.95. The third-order valence-corrected chi connectivity index (χ3v) is 4.80. The van der Waals surface area contributed by atoms with Gasteiger partial charge in [-0.1, -0.05) is 30.3 Å². The van der Waals surface area contributed by atoms with Crippen molar-refractivity contribution in [1.82, 2.24) is 10.3 Å². The molecular weight excluding hydrogens is 346 g/mol. The number of amides is 1. The van der Waals surface area contributed by atoms with Crippen LogP contribution in [0, 0.1) is 0 Å². The highest BCUT2D eigenvalue weighted by molar-refractivity contribution is 7.10. The smallest absolute Gasteiger partial charge is 0.251 e. The van der Waals surface area contributed by atoms with Gasteiger partial charge in [0.2, 0.25) is 0 Å². The Bertz CT molecular complexity index is 904. The quantitative estimate of drug-likeness (QED) is 0.656. The number of nitrogens with two attached hydrogens (primary N) is 1. The van der Waals surface area contributed by atoms with Crippen LogP contribution in [0.5, 0.6) is 0 Å². The molecule has 0 spiro atoms. The molecule has 132 valence electrons. The van der Waals surface area contributed by atoms with E-state index in [4.69, 9.17) is 5.73 Å². The van der Waals surface area contributed by atoms with Crippen molar-refractivity contribution in [3.63, 3.8) is 0 Å². The summed E-state index contributed by atoms with van der Waals surface area (Å²) in [7, 11) is 0. The molecule has 0 unspecified atom stereocenters. The largest absolute Gasteiger partial charge is 0.399 e. The average molecular weight is 365 g/mol. The first-order valence-corrected chi connectivity index (χ1v) is 9.10. The summed E-state index contributed by atoms with van der Waals surface area (Å²) in [4.78, 5) is 29.1. The van der Waals surface area contributed by atoms with Gasteiger partial charge in [-0.2, -0.15) is 0 Å². The van der Waals surface area contributed by atoms with E-state index >= 15 is 0 Å². The Hall–Kier alpha value is -2.99. The molecule has 1 aromatic heterocycles. The molecule has 0 radical (unpaired) electrons. The molecule has 0 aliphatic heterocycles. The molecule has 1 heterocycles. The molecule has 2 aromatic carbocycles. The van der Waals surface area contributed by atoms with E-state index in [9.17, 15) is 9.59 Å². The Morgan fingerprint density at radius 1 is 1.12 bits per heavy atom. The van der Waals surface area contributed by atoms with Crippen LogP contribution in [0.25, 0.3) is 11.3 Å². The van der Waals surface area contributed by atoms with Gasteiger partial charge in [-0.25, -0.2) is 4.98 Å². The molecule has 5 nitrogen and oxygen atoms in total. The maximum atomic E-state index is 12.4. The summed E-state index contributed by atoms with van der Waals surface area (Å²) >= 11 is 1.45. The van der Waals surface area contributed by atoms with Crippen LogP contribution in [0.3, 0.4) is 0 Å². The zero-order valence-corrected chi connectivity index (χ0v) is 15.1. The van der Waals surface area contributed by atoms with Gasteiger partial charge in [0.05, 0.1) is 18.2 Å². The van der Waals surface area contributed by atoms with Crippen LogP contribution in [0.2, 0.25) is 0 Å². The van der Waals surface area contributed by atoms with E-state index in [1.54, 1.807) is 31.2 Å². The number of aromatic nitrogens is 1. The maximum Gasteiger partial charge on any atom is 0.251 e. The van der Waals surface area contributed by atoms with E-state index in [0.717, 1.165) is 16.3 Å². The summed E-state index contributed by atoms with van der Waals surface area (Å²) in [5.41, 5.74) is 8.55. The summed E-state index contributed by atoms with van der Waals surface area (Å²) in [5.74, 6) is -0.377. The number of hydrogen-bond donors (Lipinski definition) is 2. The predicted molar refractivity (Wildman–Crippen MR) is 104 cm³/mol. The van der Waals surface area contributed by atoms with E-state index in [0.29, 0.717) is 11.3 Å². The number of hydrogen-bond acceptors (Lipinski definition) is 5. The van der Waals surface area contributed by atoms with E-state index in [2.05, 4.69) is 10.3 Å². The minimum Gasteiger partial charge on any atom is -0.399 e. The molecule has 0 bridgehead atoms. The second-order valence-electron chi connectivity index (χ2n) is 5.95. The van der Waals surface area contributed by atoms with E-state index in [-0.39, 0.29) is 18.1 Å². The topological polar surface area (TPSA) is 85.1 Å². The molecule has 0 saturated carbocycles. The number of nitrogens with one attached hydrogen (secondary N) is 1. The number of carbonyl (C=O) groups is 2. The molecule has 1 amide bonds. The first kappa shape index (κ1) is 17.8. The van der Waals surface area contributed by atoms with Gasteiger partial charge < -0.3 is 11.1 Å². The van der Waals surface area contributed by atoms with E-state index in [1.165, 1.54) is 11.3 Å². The SMILES string of the molecule is C[C@H](NC(=O)c1ccc(N)cc1)C(=O)Cc1nc(-c2ccccc2)cs1. The Morgan fingerprint density at radius 3 is 2.50 bits per heavy atom. The number of Topliss-reactive ketones (excluding diaryl/α,β-unsaturated/α-hetero) is 1. The molecule has 6 heteroatoms. The highest BCUT2D eigenvalue weighted by atomic mass is 32.1. The van der Waals surface area contributed by atoms with Gasteiger partial charge in [0, 0.05) is 22.2 Å². The monoisotopic (exact) mass is 365 g/mol. The van der Waals surface area contributed by atoms with Gasteiger partial charge in [0.25, 0.3) is 5.91 Å². The third kappa shape index (κ3) is 4.34. The number of rotatable bonds is 6. The summed E-state index contributed by atoms with van der Waals surface area (Å²) in [6.45, 7) is 1.68. The van der Waals surface area contributed by atoms with Crippen LogP contribution in [-0.4, -0.2) is 22.7 Å². The van der Waals surface area contributed by atoms with Crippen molar-refractivity contribution in [3.05, 3.63) is 70.5 Å². The van der Waals surface area contributed by atoms with Crippen LogP contribution >= 0.6 is 11.3 Å². The van der Waals surface area contributed by atoms with Crippen molar-refractivity contribution >= 4 is 28.7 Å². The van der Waals surface area contributed by atoms with Gasteiger partial charge in [-0.3, -0.25) is 9.59 Å². The number of ketones is 1. The molecule has 26 heavy (non-hydrogen) atoms. The van der Waals surface area contributed by atoms with Crippen LogP contribution in [-0.2, 0) is 11.2 Å². The molecule has 0 fully saturated rings. The number of thiazole rings is 1.